The minimum atomic E-state index is -0.422. The zero-order chi connectivity index (χ0) is 19.7. The van der Waals surface area contributed by atoms with Gasteiger partial charge in [-0.3, -0.25) is 14.3 Å². The van der Waals surface area contributed by atoms with Crippen LogP contribution in [0.5, 0.6) is 0 Å². The Kier molecular flexibility index (Phi) is 6.30. The summed E-state index contributed by atoms with van der Waals surface area (Å²) < 4.78 is 15.4. The number of carbonyl (C=O) groups is 1. The smallest absolute Gasteiger partial charge is 0.279 e. The molecule has 152 valence electrons. The fourth-order valence-electron chi connectivity index (χ4n) is 3.71. The molecular formula is C21H22ClFN4O2. The number of aryl methyl sites for hydroxylation is 1. The molecule has 1 aliphatic rings. The zero-order valence-electron chi connectivity index (χ0n) is 16.0. The predicted octanol–water partition coefficient (Wildman–Crippen LogP) is 2.76. The van der Waals surface area contributed by atoms with E-state index in [1.165, 1.54) is 12.1 Å². The molecule has 1 atom stereocenters. The SMILES string of the molecule is CCn1nc(C(=O)N2CCNCC2c2cccc(F)c2)c(=O)c2ccccc21.Cl. The van der Waals surface area contributed by atoms with Gasteiger partial charge in [0.25, 0.3) is 5.91 Å². The first-order chi connectivity index (χ1) is 13.6. The number of amides is 1. The molecule has 1 N–H and O–H groups in total. The number of hydrogen-bond donors (Lipinski definition) is 1. The van der Waals surface area contributed by atoms with Crippen molar-refractivity contribution in [3.8, 4) is 0 Å². The standard InChI is InChI=1S/C21H21FN4O2.ClH/c1-2-26-17-9-4-3-8-16(17)20(27)19(24-26)21(28)25-11-10-23-13-18(25)14-6-5-7-15(22)12-14;/h3-9,12,18,23H,2,10-11,13H2,1H3;1H. The van der Waals surface area contributed by atoms with Gasteiger partial charge < -0.3 is 10.2 Å². The van der Waals surface area contributed by atoms with Crippen LogP contribution in [0.1, 0.15) is 29.0 Å². The molecular weight excluding hydrogens is 395 g/mol. The molecule has 1 amide bonds. The minimum absolute atomic E-state index is 0. The third-order valence-electron chi connectivity index (χ3n) is 5.10. The number of piperazine rings is 1. The lowest BCUT2D eigenvalue weighted by Crippen LogP contribution is -2.50. The van der Waals surface area contributed by atoms with Crippen molar-refractivity contribution in [2.45, 2.75) is 19.5 Å². The minimum Gasteiger partial charge on any atom is -0.328 e. The second-order valence-electron chi connectivity index (χ2n) is 6.78. The topological polar surface area (TPSA) is 67.2 Å². The fourth-order valence-corrected chi connectivity index (χ4v) is 3.71. The van der Waals surface area contributed by atoms with Gasteiger partial charge in [0.05, 0.1) is 11.6 Å². The predicted molar refractivity (Wildman–Crippen MR) is 112 cm³/mol. The summed E-state index contributed by atoms with van der Waals surface area (Å²) >= 11 is 0. The van der Waals surface area contributed by atoms with Crippen molar-refractivity contribution in [3.63, 3.8) is 0 Å². The lowest BCUT2D eigenvalue weighted by molar-refractivity contribution is 0.0624. The number of carbonyl (C=O) groups excluding carboxylic acids is 1. The molecule has 2 heterocycles. The van der Waals surface area contributed by atoms with Crippen molar-refractivity contribution in [3.05, 3.63) is 75.8 Å². The van der Waals surface area contributed by atoms with Crippen LogP contribution in [0.4, 0.5) is 4.39 Å². The highest BCUT2D eigenvalue weighted by molar-refractivity contribution is 5.95. The molecule has 3 aromatic rings. The molecule has 1 unspecified atom stereocenters. The Hall–Kier alpha value is -2.77. The third-order valence-corrected chi connectivity index (χ3v) is 5.10. The Morgan fingerprint density at radius 2 is 2.03 bits per heavy atom. The molecule has 0 saturated carbocycles. The number of rotatable bonds is 3. The van der Waals surface area contributed by atoms with E-state index in [9.17, 15) is 14.0 Å². The van der Waals surface area contributed by atoms with Crippen LogP contribution in [0.25, 0.3) is 10.9 Å². The molecule has 0 bridgehead atoms. The second kappa shape index (κ2) is 8.71. The Bertz CT molecular complexity index is 1100. The first-order valence-corrected chi connectivity index (χ1v) is 9.37. The number of para-hydroxylation sites is 1. The van der Waals surface area contributed by atoms with Gasteiger partial charge in [-0.05, 0) is 36.8 Å². The highest BCUT2D eigenvalue weighted by atomic mass is 35.5. The summed E-state index contributed by atoms with van der Waals surface area (Å²) in [6.07, 6.45) is 0. The first-order valence-electron chi connectivity index (χ1n) is 9.37. The van der Waals surface area contributed by atoms with E-state index in [-0.39, 0.29) is 35.4 Å². The average Bonchev–Trinajstić information content (AvgIpc) is 2.74. The van der Waals surface area contributed by atoms with Gasteiger partial charge in [-0.2, -0.15) is 5.10 Å². The maximum absolute atomic E-state index is 13.7. The summed E-state index contributed by atoms with van der Waals surface area (Å²) in [7, 11) is 0. The van der Waals surface area contributed by atoms with Gasteiger partial charge in [-0.15, -0.1) is 12.4 Å². The van der Waals surface area contributed by atoms with Crippen LogP contribution in [0.15, 0.2) is 53.3 Å². The third kappa shape index (κ3) is 3.88. The highest BCUT2D eigenvalue weighted by Crippen LogP contribution is 2.24. The number of benzene rings is 2. The maximum atomic E-state index is 13.7. The van der Waals surface area contributed by atoms with E-state index in [0.717, 1.165) is 0 Å². The van der Waals surface area contributed by atoms with Gasteiger partial charge in [0, 0.05) is 31.6 Å². The summed E-state index contributed by atoms with van der Waals surface area (Å²) in [5.41, 5.74) is 0.927. The normalized spacial score (nSPS) is 16.5. The molecule has 1 aliphatic heterocycles. The van der Waals surface area contributed by atoms with Crippen molar-refractivity contribution in [2.75, 3.05) is 19.6 Å². The van der Waals surface area contributed by atoms with Gasteiger partial charge in [-0.25, -0.2) is 4.39 Å². The zero-order valence-corrected chi connectivity index (χ0v) is 16.8. The molecule has 2 aromatic carbocycles. The van der Waals surface area contributed by atoms with Crippen molar-refractivity contribution >= 4 is 29.2 Å². The fraction of sp³-hybridized carbons (Fsp3) is 0.286. The molecule has 1 aromatic heterocycles. The summed E-state index contributed by atoms with van der Waals surface area (Å²) in [6, 6.07) is 13.0. The van der Waals surface area contributed by atoms with Crippen molar-refractivity contribution < 1.29 is 9.18 Å². The Balaban J connectivity index is 0.00000240. The summed E-state index contributed by atoms with van der Waals surface area (Å²) in [5, 5.41) is 8.07. The Morgan fingerprint density at radius 3 is 2.79 bits per heavy atom. The van der Waals surface area contributed by atoms with Crippen LogP contribution in [-0.4, -0.2) is 40.2 Å². The first kappa shape index (κ1) is 21.0. The molecule has 8 heteroatoms. The number of halogens is 2. The molecule has 6 nitrogen and oxygen atoms in total. The quantitative estimate of drug-likeness (QED) is 0.713. The van der Waals surface area contributed by atoms with Gasteiger partial charge in [0.1, 0.15) is 5.82 Å². The van der Waals surface area contributed by atoms with Gasteiger partial charge in [0.2, 0.25) is 5.43 Å². The number of hydrogen-bond acceptors (Lipinski definition) is 4. The van der Waals surface area contributed by atoms with E-state index >= 15 is 0 Å². The van der Waals surface area contributed by atoms with E-state index in [1.807, 2.05) is 19.1 Å². The summed E-state index contributed by atoms with van der Waals surface area (Å²) in [6.45, 7) is 3.96. The largest absolute Gasteiger partial charge is 0.328 e. The summed E-state index contributed by atoms with van der Waals surface area (Å²) in [4.78, 5) is 27.9. The van der Waals surface area contributed by atoms with Gasteiger partial charge >= 0.3 is 0 Å². The molecule has 0 radical (unpaired) electrons. The Labute approximate surface area is 173 Å². The van der Waals surface area contributed by atoms with Crippen molar-refractivity contribution in [1.29, 1.82) is 0 Å². The summed E-state index contributed by atoms with van der Waals surface area (Å²) in [5.74, 6) is -0.777. The molecule has 1 saturated heterocycles. The molecule has 1 fully saturated rings. The van der Waals surface area contributed by atoms with Crippen LogP contribution in [0, 0.1) is 5.82 Å². The van der Waals surface area contributed by atoms with Crippen LogP contribution in [0.3, 0.4) is 0 Å². The van der Waals surface area contributed by atoms with E-state index in [2.05, 4.69) is 10.4 Å². The lowest BCUT2D eigenvalue weighted by atomic mass is 10.0. The van der Waals surface area contributed by atoms with Crippen LogP contribution < -0.4 is 10.7 Å². The van der Waals surface area contributed by atoms with Crippen LogP contribution in [-0.2, 0) is 6.54 Å². The van der Waals surface area contributed by atoms with Crippen LogP contribution in [0.2, 0.25) is 0 Å². The van der Waals surface area contributed by atoms with E-state index in [0.29, 0.717) is 42.6 Å². The van der Waals surface area contributed by atoms with E-state index < -0.39 is 5.91 Å². The van der Waals surface area contributed by atoms with E-state index in [1.54, 1.807) is 33.8 Å². The molecule has 29 heavy (non-hydrogen) atoms. The lowest BCUT2D eigenvalue weighted by Gasteiger charge is -2.36. The van der Waals surface area contributed by atoms with E-state index in [4.69, 9.17) is 0 Å². The van der Waals surface area contributed by atoms with Gasteiger partial charge in [0.15, 0.2) is 5.69 Å². The monoisotopic (exact) mass is 416 g/mol. The molecule has 4 rings (SSSR count). The molecule has 0 spiro atoms. The van der Waals surface area contributed by atoms with Gasteiger partial charge in [-0.1, -0.05) is 24.3 Å². The average molecular weight is 417 g/mol. The van der Waals surface area contributed by atoms with Crippen molar-refractivity contribution in [1.82, 2.24) is 20.0 Å². The van der Waals surface area contributed by atoms with Crippen LogP contribution >= 0.6 is 12.4 Å². The number of fused-ring (bicyclic) bond motifs is 1. The Morgan fingerprint density at radius 1 is 1.24 bits per heavy atom. The van der Waals surface area contributed by atoms with Crippen molar-refractivity contribution in [2.24, 2.45) is 0 Å². The molecule has 0 aliphatic carbocycles. The number of aromatic nitrogens is 2. The highest BCUT2D eigenvalue weighted by Gasteiger charge is 2.31. The number of nitrogens with one attached hydrogen (secondary N) is 1. The number of nitrogens with zero attached hydrogens (tertiary/aromatic N) is 3. The second-order valence-corrected chi connectivity index (χ2v) is 6.78. The maximum Gasteiger partial charge on any atom is 0.279 e.